The second kappa shape index (κ2) is 9.73. The molecule has 140 valence electrons. The Labute approximate surface area is 162 Å². The average Bonchev–Trinajstić information content (AvgIpc) is 3.02. The van der Waals surface area contributed by atoms with Crippen LogP contribution in [0.3, 0.4) is 0 Å². The van der Waals surface area contributed by atoms with Crippen LogP contribution in [0.15, 0.2) is 34.0 Å². The van der Waals surface area contributed by atoms with Crippen LogP contribution >= 0.6 is 23.1 Å². The SMILES string of the molecule is CCOC(=O)Cc1csc(S[C@@H](C)C(=O)Nc2ccccc2C(C)C)n1. The number of nitrogens with zero attached hydrogens (tertiary/aromatic N) is 1. The summed E-state index contributed by atoms with van der Waals surface area (Å²) in [5, 5.41) is 4.55. The topological polar surface area (TPSA) is 68.3 Å². The number of benzene rings is 1. The third-order valence-corrected chi connectivity index (χ3v) is 5.77. The Balaban J connectivity index is 1.95. The summed E-state index contributed by atoms with van der Waals surface area (Å²) in [5.41, 5.74) is 2.64. The van der Waals surface area contributed by atoms with E-state index < -0.39 is 0 Å². The Morgan fingerprint density at radius 1 is 1.27 bits per heavy atom. The molecule has 1 heterocycles. The monoisotopic (exact) mass is 392 g/mol. The summed E-state index contributed by atoms with van der Waals surface area (Å²) in [7, 11) is 0. The highest BCUT2D eigenvalue weighted by atomic mass is 32.2. The number of hydrogen-bond acceptors (Lipinski definition) is 6. The van der Waals surface area contributed by atoms with Crippen LogP contribution in [0.2, 0.25) is 0 Å². The van der Waals surface area contributed by atoms with Crippen LogP contribution in [-0.4, -0.2) is 28.7 Å². The maximum atomic E-state index is 12.5. The number of rotatable bonds is 8. The summed E-state index contributed by atoms with van der Waals surface area (Å²) in [5.74, 6) is -0.0190. The van der Waals surface area contributed by atoms with Gasteiger partial charge in [0.05, 0.1) is 24.0 Å². The van der Waals surface area contributed by atoms with Crippen molar-refractivity contribution in [2.45, 2.75) is 49.6 Å². The zero-order valence-corrected chi connectivity index (χ0v) is 17.1. The molecule has 7 heteroatoms. The molecule has 1 atom stereocenters. The van der Waals surface area contributed by atoms with E-state index in [1.54, 1.807) is 6.92 Å². The van der Waals surface area contributed by atoms with E-state index in [1.165, 1.54) is 23.1 Å². The van der Waals surface area contributed by atoms with E-state index >= 15 is 0 Å². The summed E-state index contributed by atoms with van der Waals surface area (Å²) < 4.78 is 5.69. The molecule has 5 nitrogen and oxygen atoms in total. The van der Waals surface area contributed by atoms with Crippen molar-refractivity contribution in [3.8, 4) is 0 Å². The van der Waals surface area contributed by atoms with Crippen molar-refractivity contribution >= 4 is 40.7 Å². The lowest BCUT2D eigenvalue weighted by Crippen LogP contribution is -2.23. The second-order valence-electron chi connectivity index (χ2n) is 6.08. The van der Waals surface area contributed by atoms with Crippen molar-refractivity contribution in [2.75, 3.05) is 11.9 Å². The molecule has 0 aliphatic rings. The van der Waals surface area contributed by atoms with Crippen LogP contribution in [-0.2, 0) is 20.7 Å². The number of para-hydroxylation sites is 1. The van der Waals surface area contributed by atoms with Crippen LogP contribution in [0.1, 0.15) is 44.9 Å². The minimum Gasteiger partial charge on any atom is -0.466 e. The van der Waals surface area contributed by atoms with Gasteiger partial charge < -0.3 is 10.1 Å². The van der Waals surface area contributed by atoms with Gasteiger partial charge in [0.2, 0.25) is 5.91 Å². The molecule has 1 aromatic carbocycles. The number of carbonyl (C=O) groups is 2. The number of ether oxygens (including phenoxy) is 1. The van der Waals surface area contributed by atoms with Gasteiger partial charge in [-0.25, -0.2) is 4.98 Å². The highest BCUT2D eigenvalue weighted by Gasteiger charge is 2.19. The number of hydrogen-bond donors (Lipinski definition) is 1. The molecule has 0 unspecified atom stereocenters. The van der Waals surface area contributed by atoms with E-state index in [-0.39, 0.29) is 23.5 Å². The minimum atomic E-state index is -0.295. The summed E-state index contributed by atoms with van der Waals surface area (Å²) >= 11 is 2.82. The molecule has 1 aromatic heterocycles. The lowest BCUT2D eigenvalue weighted by molar-refractivity contribution is -0.142. The maximum Gasteiger partial charge on any atom is 0.311 e. The van der Waals surface area contributed by atoms with Crippen LogP contribution in [0.4, 0.5) is 5.69 Å². The first-order chi connectivity index (χ1) is 12.4. The number of nitrogens with one attached hydrogen (secondary N) is 1. The average molecular weight is 393 g/mol. The Morgan fingerprint density at radius 2 is 2.00 bits per heavy atom. The molecule has 0 aliphatic carbocycles. The smallest absolute Gasteiger partial charge is 0.311 e. The first kappa shape index (κ1) is 20.5. The summed E-state index contributed by atoms with van der Waals surface area (Å²) in [4.78, 5) is 28.5. The minimum absolute atomic E-state index is 0.0646. The van der Waals surface area contributed by atoms with E-state index in [9.17, 15) is 9.59 Å². The van der Waals surface area contributed by atoms with Crippen molar-refractivity contribution in [3.05, 3.63) is 40.9 Å². The molecule has 0 saturated heterocycles. The molecule has 2 aromatic rings. The zero-order chi connectivity index (χ0) is 19.1. The molecule has 26 heavy (non-hydrogen) atoms. The highest BCUT2D eigenvalue weighted by molar-refractivity contribution is 8.02. The predicted molar refractivity (Wildman–Crippen MR) is 107 cm³/mol. The van der Waals surface area contributed by atoms with Gasteiger partial charge in [-0.3, -0.25) is 9.59 Å². The van der Waals surface area contributed by atoms with E-state index in [0.29, 0.717) is 18.2 Å². The summed E-state index contributed by atoms with van der Waals surface area (Å²) in [6.07, 6.45) is 0.160. The number of carbonyl (C=O) groups excluding carboxylic acids is 2. The zero-order valence-electron chi connectivity index (χ0n) is 15.4. The molecule has 0 fully saturated rings. The normalized spacial score (nSPS) is 12.0. The van der Waals surface area contributed by atoms with Crippen LogP contribution in [0.25, 0.3) is 0 Å². The van der Waals surface area contributed by atoms with Crippen molar-refractivity contribution in [3.63, 3.8) is 0 Å². The molecule has 2 rings (SSSR count). The quantitative estimate of drug-likeness (QED) is 0.529. The molecule has 0 radical (unpaired) electrons. The number of anilines is 1. The van der Waals surface area contributed by atoms with E-state index in [4.69, 9.17) is 4.74 Å². The van der Waals surface area contributed by atoms with E-state index in [2.05, 4.69) is 24.1 Å². The number of thiazole rings is 1. The molecular weight excluding hydrogens is 368 g/mol. The molecule has 1 N–H and O–H groups in total. The largest absolute Gasteiger partial charge is 0.466 e. The van der Waals surface area contributed by atoms with Crippen molar-refractivity contribution in [1.29, 1.82) is 0 Å². The number of esters is 1. The Bertz CT molecular complexity index is 759. The lowest BCUT2D eigenvalue weighted by Gasteiger charge is -2.15. The fraction of sp³-hybridized carbons (Fsp3) is 0.421. The van der Waals surface area contributed by atoms with Crippen molar-refractivity contribution < 1.29 is 14.3 Å². The van der Waals surface area contributed by atoms with E-state index in [1.807, 2.05) is 36.6 Å². The predicted octanol–water partition coefficient (Wildman–Crippen LogP) is 4.49. The highest BCUT2D eigenvalue weighted by Crippen LogP contribution is 2.29. The third-order valence-electron chi connectivity index (χ3n) is 3.65. The van der Waals surface area contributed by atoms with Gasteiger partial charge in [0.1, 0.15) is 0 Å². The first-order valence-corrected chi connectivity index (χ1v) is 10.3. The fourth-order valence-corrected chi connectivity index (χ4v) is 4.32. The number of amides is 1. The lowest BCUT2D eigenvalue weighted by atomic mass is 10.0. The van der Waals surface area contributed by atoms with Gasteiger partial charge in [-0.05, 0) is 31.4 Å². The second-order valence-corrected chi connectivity index (χ2v) is 8.52. The molecule has 0 spiro atoms. The Kier molecular flexibility index (Phi) is 7.66. The van der Waals surface area contributed by atoms with Crippen LogP contribution in [0, 0.1) is 0 Å². The Hall–Kier alpha value is -1.86. The Morgan fingerprint density at radius 3 is 2.69 bits per heavy atom. The van der Waals surface area contributed by atoms with Gasteiger partial charge in [0, 0.05) is 11.1 Å². The van der Waals surface area contributed by atoms with Gasteiger partial charge in [-0.15, -0.1) is 11.3 Å². The molecule has 1 amide bonds. The first-order valence-electron chi connectivity index (χ1n) is 8.57. The van der Waals surface area contributed by atoms with E-state index in [0.717, 1.165) is 15.6 Å². The van der Waals surface area contributed by atoms with Crippen LogP contribution < -0.4 is 5.32 Å². The number of aromatic nitrogens is 1. The molecular formula is C19H24N2O3S2. The van der Waals surface area contributed by atoms with Gasteiger partial charge in [0.25, 0.3) is 0 Å². The summed E-state index contributed by atoms with van der Waals surface area (Å²) in [6.45, 7) is 8.19. The molecule has 0 bridgehead atoms. The third kappa shape index (κ3) is 5.85. The van der Waals surface area contributed by atoms with Crippen molar-refractivity contribution in [2.24, 2.45) is 0 Å². The molecule has 0 saturated carbocycles. The van der Waals surface area contributed by atoms with Gasteiger partial charge in [-0.1, -0.05) is 43.8 Å². The number of thioether (sulfide) groups is 1. The van der Waals surface area contributed by atoms with Gasteiger partial charge in [-0.2, -0.15) is 0 Å². The van der Waals surface area contributed by atoms with Gasteiger partial charge >= 0.3 is 5.97 Å². The van der Waals surface area contributed by atoms with Gasteiger partial charge in [0.15, 0.2) is 4.34 Å². The molecule has 0 aliphatic heterocycles. The maximum absolute atomic E-state index is 12.5. The fourth-order valence-electron chi connectivity index (χ4n) is 2.34. The summed E-state index contributed by atoms with van der Waals surface area (Å²) in [6, 6.07) is 7.84. The standard InChI is InChI=1S/C19H24N2O3S2/c1-5-24-17(22)10-14-11-25-19(20-14)26-13(4)18(23)21-16-9-7-6-8-15(16)12(2)3/h6-9,11-13H,5,10H2,1-4H3,(H,21,23)/t13-/m0/s1. The van der Waals surface area contributed by atoms with Crippen LogP contribution in [0.5, 0.6) is 0 Å². The van der Waals surface area contributed by atoms with Crippen molar-refractivity contribution in [1.82, 2.24) is 4.98 Å².